The van der Waals surface area contributed by atoms with Crippen molar-refractivity contribution < 1.29 is 13.9 Å². The summed E-state index contributed by atoms with van der Waals surface area (Å²) in [7, 11) is 0. The van der Waals surface area contributed by atoms with Crippen molar-refractivity contribution in [2.24, 2.45) is 0 Å². The summed E-state index contributed by atoms with van der Waals surface area (Å²) in [5, 5.41) is 4.21. The lowest BCUT2D eigenvalue weighted by atomic mass is 9.91. The van der Waals surface area contributed by atoms with Crippen molar-refractivity contribution in [1.29, 1.82) is 0 Å². The Morgan fingerprint density at radius 1 is 1.37 bits per heavy atom. The van der Waals surface area contributed by atoms with Crippen LogP contribution in [0.1, 0.15) is 24.6 Å². The van der Waals surface area contributed by atoms with Crippen LogP contribution in [0.5, 0.6) is 0 Å². The average Bonchev–Trinajstić information content (AvgIpc) is 2.95. The SMILES string of the molecule is CCOC(=O)Cn1c2c(c3cc(F)ccc31)C[C@@H](Nc1ncccn1)CC2. The summed E-state index contributed by atoms with van der Waals surface area (Å²) in [6, 6.07) is 6.66. The number of nitrogens with one attached hydrogen (secondary N) is 1. The fraction of sp³-hybridized carbons (Fsp3) is 0.350. The molecule has 2 heterocycles. The van der Waals surface area contributed by atoms with Gasteiger partial charge in [-0.15, -0.1) is 0 Å². The molecule has 1 N–H and O–H groups in total. The zero-order valence-electron chi connectivity index (χ0n) is 15.1. The Morgan fingerprint density at radius 2 is 2.19 bits per heavy atom. The molecule has 0 spiro atoms. The first kappa shape index (κ1) is 17.5. The monoisotopic (exact) mass is 368 g/mol. The molecule has 0 aliphatic heterocycles. The second-order valence-electron chi connectivity index (χ2n) is 6.63. The average molecular weight is 368 g/mol. The second kappa shape index (κ2) is 7.34. The fourth-order valence-corrected chi connectivity index (χ4v) is 3.82. The van der Waals surface area contributed by atoms with Crippen molar-refractivity contribution in [3.05, 3.63) is 53.7 Å². The Kier molecular flexibility index (Phi) is 4.75. The Bertz CT molecular complexity index is 971. The lowest BCUT2D eigenvalue weighted by Gasteiger charge is -2.25. The lowest BCUT2D eigenvalue weighted by Crippen LogP contribution is -2.29. The number of aromatic nitrogens is 3. The lowest BCUT2D eigenvalue weighted by molar-refractivity contribution is -0.143. The highest BCUT2D eigenvalue weighted by Crippen LogP contribution is 2.33. The minimum absolute atomic E-state index is 0.144. The van der Waals surface area contributed by atoms with Gasteiger partial charge in [0.25, 0.3) is 0 Å². The van der Waals surface area contributed by atoms with Gasteiger partial charge in [-0.05, 0) is 56.0 Å². The van der Waals surface area contributed by atoms with Gasteiger partial charge in [0.2, 0.25) is 5.95 Å². The van der Waals surface area contributed by atoms with Crippen molar-refractivity contribution in [2.45, 2.75) is 38.8 Å². The van der Waals surface area contributed by atoms with E-state index in [1.54, 1.807) is 37.5 Å². The molecule has 0 bridgehead atoms. The Labute approximate surface area is 156 Å². The molecule has 3 aromatic rings. The van der Waals surface area contributed by atoms with Gasteiger partial charge in [-0.25, -0.2) is 14.4 Å². The van der Waals surface area contributed by atoms with Gasteiger partial charge >= 0.3 is 5.97 Å². The molecule has 2 aromatic heterocycles. The third kappa shape index (κ3) is 3.49. The van der Waals surface area contributed by atoms with E-state index in [4.69, 9.17) is 4.74 Å². The van der Waals surface area contributed by atoms with Gasteiger partial charge in [-0.3, -0.25) is 4.79 Å². The van der Waals surface area contributed by atoms with Crippen LogP contribution in [0, 0.1) is 5.82 Å². The zero-order chi connectivity index (χ0) is 18.8. The van der Waals surface area contributed by atoms with E-state index in [0.717, 1.165) is 41.4 Å². The zero-order valence-corrected chi connectivity index (χ0v) is 15.1. The highest BCUT2D eigenvalue weighted by atomic mass is 19.1. The molecule has 140 valence electrons. The third-order valence-corrected chi connectivity index (χ3v) is 4.92. The van der Waals surface area contributed by atoms with Crippen molar-refractivity contribution in [1.82, 2.24) is 14.5 Å². The number of fused-ring (bicyclic) bond motifs is 3. The molecule has 7 heteroatoms. The number of rotatable bonds is 5. The summed E-state index contributed by atoms with van der Waals surface area (Å²) >= 11 is 0. The van der Waals surface area contributed by atoms with Crippen LogP contribution in [0.25, 0.3) is 10.9 Å². The maximum absolute atomic E-state index is 13.9. The molecule has 1 aliphatic rings. The number of carbonyl (C=O) groups is 1. The van der Waals surface area contributed by atoms with Crippen LogP contribution in [-0.4, -0.2) is 33.2 Å². The van der Waals surface area contributed by atoms with E-state index in [-0.39, 0.29) is 24.4 Å². The van der Waals surface area contributed by atoms with E-state index in [2.05, 4.69) is 15.3 Å². The highest BCUT2D eigenvalue weighted by Gasteiger charge is 2.27. The molecule has 0 unspecified atom stereocenters. The predicted molar refractivity (Wildman–Crippen MR) is 100.0 cm³/mol. The largest absolute Gasteiger partial charge is 0.465 e. The number of halogens is 1. The molecule has 1 aliphatic carbocycles. The van der Waals surface area contributed by atoms with Gasteiger partial charge in [0.15, 0.2) is 0 Å². The number of anilines is 1. The molecule has 0 fully saturated rings. The Hall–Kier alpha value is -2.96. The molecule has 1 aromatic carbocycles. The molecule has 27 heavy (non-hydrogen) atoms. The standard InChI is InChI=1S/C20H21FN4O2/c1-2-27-19(26)12-25-17-6-4-13(21)10-15(17)16-11-14(5-7-18(16)25)24-20-22-8-3-9-23-20/h3-4,6,8-10,14H,2,5,7,11-12H2,1H3,(H,22,23,24)/t14-/m0/s1. The van der Waals surface area contributed by atoms with E-state index < -0.39 is 0 Å². The summed E-state index contributed by atoms with van der Waals surface area (Å²) in [6.07, 6.45) is 5.79. The molecule has 0 saturated heterocycles. The van der Waals surface area contributed by atoms with E-state index in [1.807, 2.05) is 4.57 Å². The highest BCUT2D eigenvalue weighted by molar-refractivity contribution is 5.87. The van der Waals surface area contributed by atoms with Gasteiger partial charge < -0.3 is 14.6 Å². The van der Waals surface area contributed by atoms with Crippen molar-refractivity contribution in [2.75, 3.05) is 11.9 Å². The number of benzene rings is 1. The molecule has 0 radical (unpaired) electrons. The molecule has 1 atom stereocenters. The van der Waals surface area contributed by atoms with Crippen molar-refractivity contribution in [3.63, 3.8) is 0 Å². The van der Waals surface area contributed by atoms with E-state index in [9.17, 15) is 9.18 Å². The third-order valence-electron chi connectivity index (χ3n) is 4.92. The van der Waals surface area contributed by atoms with Gasteiger partial charge in [0.1, 0.15) is 12.4 Å². The quantitative estimate of drug-likeness (QED) is 0.701. The molecule has 0 amide bonds. The van der Waals surface area contributed by atoms with E-state index >= 15 is 0 Å². The van der Waals surface area contributed by atoms with Crippen LogP contribution in [0.4, 0.5) is 10.3 Å². The first-order valence-corrected chi connectivity index (χ1v) is 9.14. The minimum Gasteiger partial charge on any atom is -0.465 e. The Morgan fingerprint density at radius 3 is 2.96 bits per heavy atom. The number of carbonyl (C=O) groups excluding carboxylic acids is 1. The summed E-state index contributed by atoms with van der Waals surface area (Å²) in [4.78, 5) is 20.5. The van der Waals surface area contributed by atoms with Gasteiger partial charge in [0, 0.05) is 35.0 Å². The molecule has 4 rings (SSSR count). The maximum atomic E-state index is 13.9. The van der Waals surface area contributed by atoms with Gasteiger partial charge in [0.05, 0.1) is 6.61 Å². The molecule has 6 nitrogen and oxygen atoms in total. The first-order valence-electron chi connectivity index (χ1n) is 9.14. The second-order valence-corrected chi connectivity index (χ2v) is 6.63. The number of hydrogen-bond donors (Lipinski definition) is 1. The van der Waals surface area contributed by atoms with Gasteiger partial charge in [-0.2, -0.15) is 0 Å². The summed E-state index contributed by atoms with van der Waals surface area (Å²) < 4.78 is 21.0. The predicted octanol–water partition coefficient (Wildman–Crippen LogP) is 3.10. The first-order chi connectivity index (χ1) is 13.2. The van der Waals surface area contributed by atoms with Crippen molar-refractivity contribution >= 4 is 22.8 Å². The number of esters is 1. The van der Waals surface area contributed by atoms with Crippen molar-refractivity contribution in [3.8, 4) is 0 Å². The fourth-order valence-electron chi connectivity index (χ4n) is 3.82. The Balaban J connectivity index is 1.68. The van der Waals surface area contributed by atoms with Crippen LogP contribution in [0.3, 0.4) is 0 Å². The summed E-state index contributed by atoms with van der Waals surface area (Å²) in [5.74, 6) is 0.0342. The topological polar surface area (TPSA) is 69.0 Å². The summed E-state index contributed by atoms with van der Waals surface area (Å²) in [5.41, 5.74) is 3.02. The van der Waals surface area contributed by atoms with Crippen LogP contribution in [0.2, 0.25) is 0 Å². The number of ether oxygens (including phenoxy) is 1. The molecular weight excluding hydrogens is 347 g/mol. The van der Waals surface area contributed by atoms with Crippen LogP contribution >= 0.6 is 0 Å². The van der Waals surface area contributed by atoms with Crippen LogP contribution < -0.4 is 5.32 Å². The number of hydrogen-bond acceptors (Lipinski definition) is 5. The van der Waals surface area contributed by atoms with E-state index in [0.29, 0.717) is 12.6 Å². The minimum atomic E-state index is -0.278. The van der Waals surface area contributed by atoms with E-state index in [1.165, 1.54) is 6.07 Å². The van der Waals surface area contributed by atoms with Crippen LogP contribution in [0.15, 0.2) is 36.7 Å². The van der Waals surface area contributed by atoms with Gasteiger partial charge in [-0.1, -0.05) is 0 Å². The smallest absolute Gasteiger partial charge is 0.325 e. The van der Waals surface area contributed by atoms with Crippen LogP contribution in [-0.2, 0) is 28.9 Å². The maximum Gasteiger partial charge on any atom is 0.325 e. The normalized spacial score (nSPS) is 16.1. The number of nitrogens with zero attached hydrogens (tertiary/aromatic N) is 3. The molecule has 0 saturated carbocycles. The summed E-state index contributed by atoms with van der Waals surface area (Å²) in [6.45, 7) is 2.28. The molecular formula is C20H21FN4O2.